The van der Waals surface area contributed by atoms with Gasteiger partial charge in [-0.1, -0.05) is 30.3 Å². The summed E-state index contributed by atoms with van der Waals surface area (Å²) in [5.74, 6) is 0.220. The maximum atomic E-state index is 11.2. The smallest absolute Gasteiger partial charge is 0.219 e. The lowest BCUT2D eigenvalue weighted by Crippen LogP contribution is -2.91. The van der Waals surface area contributed by atoms with Gasteiger partial charge in [-0.05, 0) is 5.56 Å². The van der Waals surface area contributed by atoms with Crippen molar-refractivity contribution in [3.63, 3.8) is 0 Å². The Bertz CT molecular complexity index is 369. The van der Waals surface area contributed by atoms with Crippen LogP contribution < -0.4 is 5.32 Å². The number of carbonyl (C=O) groups excluding carboxylic acids is 1. The molecule has 2 N–H and O–H groups in total. The van der Waals surface area contributed by atoms with E-state index in [0.29, 0.717) is 6.04 Å². The molecule has 0 saturated carbocycles. The molecular weight excluding hydrogens is 224 g/mol. The first-order valence-electron chi connectivity index (χ1n) is 6.88. The number of likely N-dealkylation sites (tertiary alicyclic amines) is 1. The molecule has 0 spiro atoms. The molecule has 1 aromatic rings. The molecule has 2 rings (SSSR count). The Kier molecular flexibility index (Phi) is 4.76. The topological polar surface area (TPSA) is 36.9 Å². The van der Waals surface area contributed by atoms with Crippen molar-refractivity contribution < 1.29 is 10.1 Å². The average molecular weight is 247 g/mol. The van der Waals surface area contributed by atoms with Gasteiger partial charge in [-0.15, -0.1) is 0 Å². The van der Waals surface area contributed by atoms with E-state index >= 15 is 0 Å². The van der Waals surface area contributed by atoms with Crippen molar-refractivity contribution in [3.05, 3.63) is 35.9 Å². The highest BCUT2D eigenvalue weighted by molar-refractivity contribution is 5.73. The van der Waals surface area contributed by atoms with E-state index in [-0.39, 0.29) is 5.91 Å². The Balaban J connectivity index is 1.65. The van der Waals surface area contributed by atoms with Crippen LogP contribution in [0.15, 0.2) is 30.3 Å². The van der Waals surface area contributed by atoms with E-state index in [1.165, 1.54) is 5.56 Å². The second-order valence-electron chi connectivity index (χ2n) is 5.10. The van der Waals surface area contributed by atoms with Crippen LogP contribution in [0, 0.1) is 0 Å². The van der Waals surface area contributed by atoms with Gasteiger partial charge < -0.3 is 10.2 Å². The van der Waals surface area contributed by atoms with Gasteiger partial charge in [-0.3, -0.25) is 4.79 Å². The molecule has 1 aliphatic rings. The lowest BCUT2D eigenvalue weighted by Gasteiger charge is -2.29. The van der Waals surface area contributed by atoms with Crippen LogP contribution in [0.4, 0.5) is 0 Å². The number of carbonyl (C=O) groups is 1. The quantitative estimate of drug-likeness (QED) is 0.839. The minimum Gasteiger partial charge on any atom is -0.343 e. The summed E-state index contributed by atoms with van der Waals surface area (Å²) >= 11 is 0. The van der Waals surface area contributed by atoms with Crippen molar-refractivity contribution in [3.8, 4) is 0 Å². The summed E-state index contributed by atoms with van der Waals surface area (Å²) in [5.41, 5.74) is 1.41. The van der Waals surface area contributed by atoms with Crippen molar-refractivity contribution in [2.24, 2.45) is 0 Å². The Labute approximate surface area is 109 Å². The molecule has 1 aliphatic heterocycles. The van der Waals surface area contributed by atoms with Gasteiger partial charge in [0, 0.05) is 39.3 Å². The predicted octanol–water partition coefficient (Wildman–Crippen LogP) is 0.803. The summed E-state index contributed by atoms with van der Waals surface area (Å²) in [4.78, 5) is 13.2. The number of quaternary nitrogens is 1. The maximum Gasteiger partial charge on any atom is 0.219 e. The number of rotatable bonds is 4. The monoisotopic (exact) mass is 247 g/mol. The number of hydrogen-bond acceptors (Lipinski definition) is 1. The molecule has 1 fully saturated rings. The zero-order chi connectivity index (χ0) is 12.8. The van der Waals surface area contributed by atoms with E-state index < -0.39 is 0 Å². The molecule has 1 amide bonds. The number of hydrogen-bond donors (Lipinski definition) is 1. The van der Waals surface area contributed by atoms with Crippen LogP contribution in [0.1, 0.15) is 25.3 Å². The molecule has 0 bridgehead atoms. The molecule has 3 nitrogen and oxygen atoms in total. The summed E-state index contributed by atoms with van der Waals surface area (Å²) in [6.45, 7) is 4.68. The highest BCUT2D eigenvalue weighted by Crippen LogP contribution is 2.07. The summed E-state index contributed by atoms with van der Waals surface area (Å²) in [5, 5.41) is 2.45. The normalized spacial score (nSPS) is 16.8. The van der Waals surface area contributed by atoms with Crippen LogP contribution in [0.25, 0.3) is 0 Å². The maximum absolute atomic E-state index is 11.2. The van der Waals surface area contributed by atoms with Crippen LogP contribution in [0.3, 0.4) is 0 Å². The summed E-state index contributed by atoms with van der Waals surface area (Å²) in [6, 6.07) is 11.3. The van der Waals surface area contributed by atoms with Gasteiger partial charge in [0.2, 0.25) is 5.91 Å². The van der Waals surface area contributed by atoms with Crippen LogP contribution in [-0.4, -0.2) is 36.5 Å². The van der Waals surface area contributed by atoms with Gasteiger partial charge in [0.05, 0.1) is 12.6 Å². The number of nitrogens with two attached hydrogens (primary N) is 1. The molecule has 0 atom stereocenters. The Hall–Kier alpha value is -1.35. The molecule has 0 aromatic heterocycles. The van der Waals surface area contributed by atoms with Crippen LogP contribution in [0.5, 0.6) is 0 Å². The van der Waals surface area contributed by atoms with Crippen LogP contribution in [-0.2, 0) is 11.2 Å². The van der Waals surface area contributed by atoms with E-state index in [9.17, 15) is 4.79 Å². The predicted molar refractivity (Wildman–Crippen MR) is 72.2 cm³/mol. The fourth-order valence-corrected chi connectivity index (χ4v) is 2.58. The van der Waals surface area contributed by atoms with Gasteiger partial charge in [0.25, 0.3) is 0 Å². The number of amides is 1. The van der Waals surface area contributed by atoms with Crippen molar-refractivity contribution in [2.45, 2.75) is 32.2 Å². The van der Waals surface area contributed by atoms with E-state index in [1.807, 2.05) is 4.90 Å². The molecule has 1 heterocycles. The summed E-state index contributed by atoms with van der Waals surface area (Å²) < 4.78 is 0. The van der Waals surface area contributed by atoms with Gasteiger partial charge in [0.15, 0.2) is 0 Å². The fraction of sp³-hybridized carbons (Fsp3) is 0.533. The SMILES string of the molecule is CC(=O)N1CCC([NH2+]CCc2ccccc2)CC1. The lowest BCUT2D eigenvalue weighted by molar-refractivity contribution is -0.691. The van der Waals surface area contributed by atoms with Crippen molar-refractivity contribution in [1.29, 1.82) is 0 Å². The summed E-state index contributed by atoms with van der Waals surface area (Å²) in [6.07, 6.45) is 3.40. The molecule has 0 unspecified atom stereocenters. The van der Waals surface area contributed by atoms with Gasteiger partial charge >= 0.3 is 0 Å². The first-order valence-corrected chi connectivity index (χ1v) is 6.88. The Morgan fingerprint density at radius 2 is 1.94 bits per heavy atom. The molecule has 0 radical (unpaired) electrons. The third kappa shape index (κ3) is 3.84. The first-order chi connectivity index (χ1) is 8.75. The first kappa shape index (κ1) is 13.1. The largest absolute Gasteiger partial charge is 0.343 e. The number of piperidine rings is 1. The Morgan fingerprint density at radius 3 is 2.56 bits per heavy atom. The standard InChI is InChI=1S/C15H22N2O/c1-13(18)17-11-8-15(9-12-17)16-10-7-14-5-3-2-4-6-14/h2-6,15-16H,7-12H2,1H3/p+1. The van der Waals surface area contributed by atoms with Gasteiger partial charge in [0.1, 0.15) is 0 Å². The zero-order valence-electron chi connectivity index (χ0n) is 11.1. The second-order valence-corrected chi connectivity index (χ2v) is 5.10. The molecule has 1 saturated heterocycles. The number of benzene rings is 1. The third-order valence-electron chi connectivity index (χ3n) is 3.76. The second kappa shape index (κ2) is 6.55. The van der Waals surface area contributed by atoms with Crippen molar-refractivity contribution >= 4 is 5.91 Å². The van der Waals surface area contributed by atoms with Crippen molar-refractivity contribution in [2.75, 3.05) is 19.6 Å². The lowest BCUT2D eigenvalue weighted by atomic mass is 10.0. The highest BCUT2D eigenvalue weighted by Gasteiger charge is 2.22. The fourth-order valence-electron chi connectivity index (χ4n) is 2.58. The molecule has 98 valence electrons. The van der Waals surface area contributed by atoms with E-state index in [4.69, 9.17) is 0 Å². The molecule has 18 heavy (non-hydrogen) atoms. The molecule has 1 aromatic carbocycles. The van der Waals surface area contributed by atoms with Crippen LogP contribution in [0.2, 0.25) is 0 Å². The van der Waals surface area contributed by atoms with E-state index in [2.05, 4.69) is 35.6 Å². The van der Waals surface area contributed by atoms with E-state index in [1.54, 1.807) is 6.92 Å². The van der Waals surface area contributed by atoms with Gasteiger partial charge in [-0.25, -0.2) is 0 Å². The minimum atomic E-state index is 0.220. The molecule has 0 aliphatic carbocycles. The zero-order valence-corrected chi connectivity index (χ0v) is 11.1. The molecular formula is C15H23N2O+. The van der Waals surface area contributed by atoms with Crippen LogP contribution >= 0.6 is 0 Å². The third-order valence-corrected chi connectivity index (χ3v) is 3.76. The molecule has 3 heteroatoms. The summed E-state index contributed by atoms with van der Waals surface area (Å²) in [7, 11) is 0. The van der Waals surface area contributed by atoms with Gasteiger partial charge in [-0.2, -0.15) is 0 Å². The highest BCUT2D eigenvalue weighted by atomic mass is 16.2. The Morgan fingerprint density at radius 1 is 1.28 bits per heavy atom. The minimum absolute atomic E-state index is 0.220. The van der Waals surface area contributed by atoms with Crippen molar-refractivity contribution in [1.82, 2.24) is 4.90 Å². The average Bonchev–Trinajstić information content (AvgIpc) is 2.40. The number of nitrogens with zero attached hydrogens (tertiary/aromatic N) is 1. The van der Waals surface area contributed by atoms with E-state index in [0.717, 1.165) is 38.9 Å².